The molecule has 1 fully saturated rings. The first-order valence-electron chi connectivity index (χ1n) is 6.58. The molecule has 1 amide bonds. The first-order valence-corrected chi connectivity index (χ1v) is 7.40. The van der Waals surface area contributed by atoms with Gasteiger partial charge in [0.25, 0.3) is 0 Å². The minimum absolute atomic E-state index is 0.245. The number of primary amides is 1. The number of aromatic nitrogens is 1. The van der Waals surface area contributed by atoms with Crippen molar-refractivity contribution in [3.63, 3.8) is 0 Å². The summed E-state index contributed by atoms with van der Waals surface area (Å²) in [6.45, 7) is 2.22. The third-order valence-corrected chi connectivity index (χ3v) is 4.74. The molecule has 1 aliphatic heterocycles. The molecule has 4 nitrogen and oxygen atoms in total. The highest BCUT2D eigenvalue weighted by Gasteiger charge is 2.24. The Labute approximate surface area is 116 Å². The number of benzene rings is 1. The van der Waals surface area contributed by atoms with Crippen molar-refractivity contribution in [3.8, 4) is 0 Å². The number of para-hydroxylation sites is 1. The fourth-order valence-electron chi connectivity index (χ4n) is 2.69. The van der Waals surface area contributed by atoms with Gasteiger partial charge < -0.3 is 5.73 Å². The molecule has 2 N–H and O–H groups in total. The molecule has 0 radical (unpaired) electrons. The summed E-state index contributed by atoms with van der Waals surface area (Å²) >= 11 is 1.77. The van der Waals surface area contributed by atoms with E-state index in [-0.39, 0.29) is 5.91 Å². The van der Waals surface area contributed by atoms with E-state index in [2.05, 4.69) is 17.0 Å². The van der Waals surface area contributed by atoms with Crippen LogP contribution in [0.2, 0.25) is 0 Å². The molecule has 2 aromatic rings. The topological polar surface area (TPSA) is 59.2 Å². The number of hydrogen-bond donors (Lipinski definition) is 1. The van der Waals surface area contributed by atoms with Crippen LogP contribution in [0.1, 0.15) is 23.8 Å². The van der Waals surface area contributed by atoms with E-state index >= 15 is 0 Å². The Hall–Kier alpha value is -1.46. The van der Waals surface area contributed by atoms with Gasteiger partial charge in [-0.1, -0.05) is 12.1 Å². The maximum absolute atomic E-state index is 11.0. The van der Waals surface area contributed by atoms with Gasteiger partial charge in [0, 0.05) is 12.5 Å². The summed E-state index contributed by atoms with van der Waals surface area (Å²) in [7, 11) is 0. The molecule has 0 unspecified atom stereocenters. The van der Waals surface area contributed by atoms with Gasteiger partial charge in [0.05, 0.1) is 21.8 Å². The van der Waals surface area contributed by atoms with Gasteiger partial charge in [0.15, 0.2) is 0 Å². The van der Waals surface area contributed by atoms with Crippen LogP contribution in [-0.2, 0) is 4.79 Å². The monoisotopic (exact) mass is 275 g/mol. The average molecular weight is 275 g/mol. The largest absolute Gasteiger partial charge is 0.369 e. The van der Waals surface area contributed by atoms with E-state index in [1.165, 1.54) is 9.71 Å². The molecule has 0 bridgehead atoms. The lowest BCUT2D eigenvalue weighted by atomic mass is 9.99. The van der Waals surface area contributed by atoms with Crippen molar-refractivity contribution < 1.29 is 4.79 Å². The highest BCUT2D eigenvalue weighted by Crippen LogP contribution is 2.32. The van der Waals surface area contributed by atoms with E-state index in [1.54, 1.807) is 11.3 Å². The maximum Gasteiger partial charge on any atom is 0.231 e. The average Bonchev–Trinajstić information content (AvgIpc) is 2.82. The predicted molar refractivity (Wildman–Crippen MR) is 77.2 cm³/mol. The second kappa shape index (κ2) is 5.27. The zero-order chi connectivity index (χ0) is 13.2. The molecule has 19 heavy (non-hydrogen) atoms. The van der Waals surface area contributed by atoms with Crippen molar-refractivity contribution in [2.24, 2.45) is 5.73 Å². The fourth-order valence-corrected chi connectivity index (χ4v) is 3.78. The summed E-state index contributed by atoms with van der Waals surface area (Å²) in [5, 5.41) is 1.19. The molecule has 0 aliphatic carbocycles. The molecule has 1 atom stereocenters. The summed E-state index contributed by atoms with van der Waals surface area (Å²) < 4.78 is 1.24. The predicted octanol–water partition coefficient (Wildman–Crippen LogP) is 1.96. The zero-order valence-corrected chi connectivity index (χ0v) is 11.5. The van der Waals surface area contributed by atoms with Gasteiger partial charge in [-0.15, -0.1) is 11.3 Å². The van der Waals surface area contributed by atoms with Crippen molar-refractivity contribution in [2.45, 2.75) is 18.8 Å². The van der Waals surface area contributed by atoms with Crippen molar-refractivity contribution in [1.82, 2.24) is 9.88 Å². The van der Waals surface area contributed by atoms with E-state index in [0.717, 1.165) is 31.4 Å². The van der Waals surface area contributed by atoms with E-state index < -0.39 is 0 Å². The number of carbonyl (C=O) groups excluding carboxylic acids is 1. The van der Waals surface area contributed by atoms with E-state index in [4.69, 9.17) is 10.7 Å². The fraction of sp³-hybridized carbons (Fsp3) is 0.429. The van der Waals surface area contributed by atoms with Gasteiger partial charge in [-0.2, -0.15) is 0 Å². The van der Waals surface area contributed by atoms with Crippen molar-refractivity contribution in [2.75, 3.05) is 19.6 Å². The minimum atomic E-state index is -0.245. The van der Waals surface area contributed by atoms with Gasteiger partial charge in [-0.05, 0) is 31.5 Å². The van der Waals surface area contributed by atoms with E-state index in [0.29, 0.717) is 12.5 Å². The summed E-state index contributed by atoms with van der Waals surface area (Å²) in [6.07, 6.45) is 2.25. The van der Waals surface area contributed by atoms with Gasteiger partial charge in [0.2, 0.25) is 5.91 Å². The van der Waals surface area contributed by atoms with Crippen molar-refractivity contribution in [3.05, 3.63) is 29.3 Å². The normalized spacial score (nSPS) is 20.7. The number of likely N-dealkylation sites (tertiary alicyclic amines) is 1. The summed E-state index contributed by atoms with van der Waals surface area (Å²) in [6, 6.07) is 8.23. The smallest absolute Gasteiger partial charge is 0.231 e. The molecule has 2 heterocycles. The molecule has 0 spiro atoms. The Balaban J connectivity index is 1.79. The molecular weight excluding hydrogens is 258 g/mol. The summed E-state index contributed by atoms with van der Waals surface area (Å²) in [4.78, 5) is 17.9. The molecular formula is C14H17N3OS. The Morgan fingerprint density at radius 2 is 2.32 bits per heavy atom. The zero-order valence-electron chi connectivity index (χ0n) is 10.7. The number of fused-ring (bicyclic) bond motifs is 1. The molecule has 1 aliphatic rings. The standard InChI is InChI=1S/C14H17N3OS/c15-13(18)9-17-7-3-4-10(8-17)14-16-11-5-1-2-6-12(11)19-14/h1-2,5-6,10H,3-4,7-9H2,(H2,15,18)/t10-/m0/s1. The second-order valence-electron chi connectivity index (χ2n) is 5.06. The van der Waals surface area contributed by atoms with Crippen molar-refractivity contribution >= 4 is 27.5 Å². The number of carbonyl (C=O) groups is 1. The molecule has 1 aromatic heterocycles. The van der Waals surface area contributed by atoms with Crippen LogP contribution in [0.3, 0.4) is 0 Å². The molecule has 5 heteroatoms. The Morgan fingerprint density at radius 3 is 3.11 bits per heavy atom. The Bertz CT molecular complexity index is 562. The van der Waals surface area contributed by atoms with Crippen molar-refractivity contribution in [1.29, 1.82) is 0 Å². The first-order chi connectivity index (χ1) is 9.22. The van der Waals surface area contributed by atoms with E-state index in [1.807, 2.05) is 12.1 Å². The molecule has 1 aromatic carbocycles. The molecule has 3 rings (SSSR count). The lowest BCUT2D eigenvalue weighted by Gasteiger charge is -2.30. The minimum Gasteiger partial charge on any atom is -0.369 e. The van der Waals surface area contributed by atoms with Crippen LogP contribution in [-0.4, -0.2) is 35.4 Å². The lowest BCUT2D eigenvalue weighted by Crippen LogP contribution is -2.40. The van der Waals surface area contributed by atoms with Crippen LogP contribution in [0.4, 0.5) is 0 Å². The number of amides is 1. The third-order valence-electron chi connectivity index (χ3n) is 3.54. The van der Waals surface area contributed by atoms with E-state index in [9.17, 15) is 4.79 Å². The quantitative estimate of drug-likeness (QED) is 0.931. The van der Waals surface area contributed by atoms with Crippen LogP contribution in [0.15, 0.2) is 24.3 Å². The number of nitrogens with two attached hydrogens (primary N) is 1. The van der Waals surface area contributed by atoms with Gasteiger partial charge in [-0.25, -0.2) is 4.98 Å². The van der Waals surface area contributed by atoms with Gasteiger partial charge in [-0.3, -0.25) is 9.69 Å². The third kappa shape index (κ3) is 2.77. The van der Waals surface area contributed by atoms with Gasteiger partial charge >= 0.3 is 0 Å². The van der Waals surface area contributed by atoms with Crippen LogP contribution >= 0.6 is 11.3 Å². The SMILES string of the molecule is NC(=O)CN1CCC[C@H](c2nc3ccccc3s2)C1. The summed E-state index contributed by atoms with van der Waals surface area (Å²) in [5.41, 5.74) is 6.35. The molecule has 100 valence electrons. The van der Waals surface area contributed by atoms with Crippen LogP contribution < -0.4 is 5.73 Å². The Kier molecular flexibility index (Phi) is 3.48. The second-order valence-corrected chi connectivity index (χ2v) is 6.12. The van der Waals surface area contributed by atoms with Crippen LogP contribution in [0.5, 0.6) is 0 Å². The number of nitrogens with zero attached hydrogens (tertiary/aromatic N) is 2. The molecule has 1 saturated heterocycles. The lowest BCUT2D eigenvalue weighted by molar-refractivity contribution is -0.119. The highest BCUT2D eigenvalue weighted by atomic mass is 32.1. The number of thiazole rings is 1. The van der Waals surface area contributed by atoms with Gasteiger partial charge in [0.1, 0.15) is 0 Å². The number of hydrogen-bond acceptors (Lipinski definition) is 4. The van der Waals surface area contributed by atoms with Crippen LogP contribution in [0.25, 0.3) is 10.2 Å². The highest BCUT2D eigenvalue weighted by molar-refractivity contribution is 7.18. The Morgan fingerprint density at radius 1 is 1.47 bits per heavy atom. The first kappa shape index (κ1) is 12.6. The molecule has 0 saturated carbocycles. The number of rotatable bonds is 3. The van der Waals surface area contributed by atoms with Crippen LogP contribution in [0, 0.1) is 0 Å². The maximum atomic E-state index is 11.0. The number of piperidine rings is 1. The summed E-state index contributed by atoms with van der Waals surface area (Å²) in [5.74, 6) is 0.190.